The Morgan fingerprint density at radius 3 is 2.43 bits per heavy atom. The van der Waals surface area contributed by atoms with Crippen molar-refractivity contribution in [3.63, 3.8) is 0 Å². The van der Waals surface area contributed by atoms with E-state index in [1.807, 2.05) is 13.8 Å². The van der Waals surface area contributed by atoms with E-state index in [1.54, 1.807) is 24.3 Å². The summed E-state index contributed by atoms with van der Waals surface area (Å²) in [4.78, 5) is 12.5. The number of carbonyl (C=O) groups is 1. The second-order valence-corrected chi connectivity index (χ2v) is 7.40. The van der Waals surface area contributed by atoms with Crippen LogP contribution in [-0.2, 0) is 6.18 Å². The number of rotatable bonds is 4. The SMILES string of the molecule is Cc1ccc(-n2ncc(C(=O)NCC3(C)CCNCC3)c2C(F)(F)F)cc1.Cl. The van der Waals surface area contributed by atoms with E-state index in [-0.39, 0.29) is 23.5 Å². The summed E-state index contributed by atoms with van der Waals surface area (Å²) in [6.45, 7) is 5.89. The number of aromatic nitrogens is 2. The highest BCUT2D eigenvalue weighted by Crippen LogP contribution is 2.34. The third kappa shape index (κ3) is 4.86. The Hall–Kier alpha value is -2.06. The molecule has 0 atom stereocenters. The van der Waals surface area contributed by atoms with Crippen molar-refractivity contribution < 1.29 is 18.0 Å². The van der Waals surface area contributed by atoms with E-state index in [1.165, 1.54) is 0 Å². The first-order valence-corrected chi connectivity index (χ1v) is 8.91. The molecule has 2 N–H and O–H groups in total. The smallest absolute Gasteiger partial charge is 0.351 e. The lowest BCUT2D eigenvalue weighted by molar-refractivity contribution is -0.143. The Labute approximate surface area is 168 Å². The molecule has 1 fully saturated rings. The van der Waals surface area contributed by atoms with Gasteiger partial charge in [-0.15, -0.1) is 12.4 Å². The largest absolute Gasteiger partial charge is 0.434 e. The number of amides is 1. The third-order valence-electron chi connectivity index (χ3n) is 5.05. The summed E-state index contributed by atoms with van der Waals surface area (Å²) in [6.07, 6.45) is -1.99. The Morgan fingerprint density at radius 2 is 1.86 bits per heavy atom. The molecule has 28 heavy (non-hydrogen) atoms. The van der Waals surface area contributed by atoms with Crippen LogP contribution in [0.5, 0.6) is 0 Å². The number of benzene rings is 1. The summed E-state index contributed by atoms with van der Waals surface area (Å²) < 4.78 is 41.8. The van der Waals surface area contributed by atoms with Crippen LogP contribution in [0, 0.1) is 12.3 Å². The van der Waals surface area contributed by atoms with E-state index in [0.717, 1.165) is 42.4 Å². The number of nitrogens with zero attached hydrogens (tertiary/aromatic N) is 2. The fraction of sp³-hybridized carbons (Fsp3) is 0.474. The summed E-state index contributed by atoms with van der Waals surface area (Å²) in [5, 5.41) is 9.76. The molecule has 1 aromatic heterocycles. The zero-order valence-corrected chi connectivity index (χ0v) is 16.6. The van der Waals surface area contributed by atoms with Crippen molar-refractivity contribution in [2.45, 2.75) is 32.9 Å². The zero-order chi connectivity index (χ0) is 19.7. The van der Waals surface area contributed by atoms with Crippen molar-refractivity contribution in [3.8, 4) is 5.69 Å². The van der Waals surface area contributed by atoms with Crippen LogP contribution < -0.4 is 10.6 Å². The molecular formula is C19H24ClF3N4O. The third-order valence-corrected chi connectivity index (χ3v) is 5.05. The molecule has 1 aliphatic rings. The fourth-order valence-electron chi connectivity index (χ4n) is 3.27. The molecule has 1 amide bonds. The van der Waals surface area contributed by atoms with Crippen molar-refractivity contribution in [1.82, 2.24) is 20.4 Å². The Morgan fingerprint density at radius 1 is 1.25 bits per heavy atom. The van der Waals surface area contributed by atoms with Gasteiger partial charge in [0.05, 0.1) is 17.4 Å². The maximum absolute atomic E-state index is 13.7. The highest BCUT2D eigenvalue weighted by molar-refractivity contribution is 5.95. The lowest BCUT2D eigenvalue weighted by atomic mass is 9.81. The van der Waals surface area contributed by atoms with E-state index in [0.29, 0.717) is 6.54 Å². The highest BCUT2D eigenvalue weighted by Gasteiger charge is 2.41. The van der Waals surface area contributed by atoms with E-state index in [2.05, 4.69) is 15.7 Å². The lowest BCUT2D eigenvalue weighted by Gasteiger charge is -2.34. The minimum Gasteiger partial charge on any atom is -0.351 e. The zero-order valence-electron chi connectivity index (χ0n) is 15.8. The summed E-state index contributed by atoms with van der Waals surface area (Å²) in [7, 11) is 0. The molecule has 2 aromatic rings. The van der Waals surface area contributed by atoms with E-state index < -0.39 is 23.3 Å². The van der Waals surface area contributed by atoms with Gasteiger partial charge < -0.3 is 10.6 Å². The lowest BCUT2D eigenvalue weighted by Crippen LogP contribution is -2.43. The first-order valence-electron chi connectivity index (χ1n) is 8.91. The number of piperidine rings is 1. The second-order valence-electron chi connectivity index (χ2n) is 7.40. The summed E-state index contributed by atoms with van der Waals surface area (Å²) >= 11 is 0. The number of alkyl halides is 3. The molecular weight excluding hydrogens is 393 g/mol. The van der Waals surface area contributed by atoms with Crippen LogP contribution in [0.25, 0.3) is 5.69 Å². The molecule has 5 nitrogen and oxygen atoms in total. The number of nitrogens with one attached hydrogen (secondary N) is 2. The number of hydrogen-bond donors (Lipinski definition) is 2. The van der Waals surface area contributed by atoms with Gasteiger partial charge in [-0.2, -0.15) is 18.3 Å². The molecule has 0 saturated carbocycles. The van der Waals surface area contributed by atoms with Crippen LogP contribution in [0.2, 0.25) is 0 Å². The van der Waals surface area contributed by atoms with Crippen molar-refractivity contribution in [1.29, 1.82) is 0 Å². The average molecular weight is 417 g/mol. The molecule has 1 aromatic carbocycles. The molecule has 0 radical (unpaired) electrons. The minimum absolute atomic E-state index is 0. The monoisotopic (exact) mass is 416 g/mol. The first kappa shape index (κ1) is 22.2. The van der Waals surface area contributed by atoms with Gasteiger partial charge in [0.25, 0.3) is 5.91 Å². The number of aryl methyl sites for hydroxylation is 1. The number of halogens is 4. The van der Waals surface area contributed by atoms with Crippen molar-refractivity contribution in [2.75, 3.05) is 19.6 Å². The summed E-state index contributed by atoms with van der Waals surface area (Å²) in [5.74, 6) is -0.750. The first-order chi connectivity index (χ1) is 12.7. The molecule has 0 bridgehead atoms. The van der Waals surface area contributed by atoms with Gasteiger partial charge in [0.2, 0.25) is 0 Å². The predicted octanol–water partition coefficient (Wildman–Crippen LogP) is 3.74. The van der Waals surface area contributed by atoms with Gasteiger partial charge in [0.15, 0.2) is 5.69 Å². The maximum Gasteiger partial charge on any atom is 0.434 e. The van der Waals surface area contributed by atoms with E-state index in [9.17, 15) is 18.0 Å². The second kappa shape index (κ2) is 8.53. The van der Waals surface area contributed by atoms with Gasteiger partial charge in [-0.3, -0.25) is 4.79 Å². The molecule has 1 aliphatic heterocycles. The van der Waals surface area contributed by atoms with Crippen LogP contribution >= 0.6 is 12.4 Å². The topological polar surface area (TPSA) is 59.0 Å². The van der Waals surface area contributed by atoms with Crippen molar-refractivity contribution in [3.05, 3.63) is 47.3 Å². The van der Waals surface area contributed by atoms with Crippen LogP contribution in [0.3, 0.4) is 0 Å². The molecule has 0 aliphatic carbocycles. The fourth-order valence-corrected chi connectivity index (χ4v) is 3.27. The van der Waals surface area contributed by atoms with Crippen LogP contribution in [0.4, 0.5) is 13.2 Å². The van der Waals surface area contributed by atoms with Gasteiger partial charge in [0.1, 0.15) is 0 Å². The molecule has 0 spiro atoms. The molecule has 154 valence electrons. The standard InChI is InChI=1S/C19H23F3N4O.ClH/c1-13-3-5-14(6-4-13)26-16(19(20,21)22)15(11-25-26)17(27)24-12-18(2)7-9-23-10-8-18;/h3-6,11,23H,7-10,12H2,1-2H3,(H,24,27);1H. The molecule has 0 unspecified atom stereocenters. The summed E-state index contributed by atoms with van der Waals surface area (Å²) in [5.41, 5.74) is -0.448. The van der Waals surface area contributed by atoms with Crippen LogP contribution in [0.1, 0.15) is 41.4 Å². The summed E-state index contributed by atoms with van der Waals surface area (Å²) in [6, 6.07) is 6.51. The quantitative estimate of drug-likeness (QED) is 0.798. The van der Waals surface area contributed by atoms with Gasteiger partial charge >= 0.3 is 6.18 Å². The van der Waals surface area contributed by atoms with Crippen molar-refractivity contribution >= 4 is 18.3 Å². The normalized spacial score (nSPS) is 16.3. The van der Waals surface area contributed by atoms with Gasteiger partial charge in [-0.1, -0.05) is 24.6 Å². The van der Waals surface area contributed by atoms with Gasteiger partial charge in [-0.25, -0.2) is 4.68 Å². The number of carbonyl (C=O) groups excluding carboxylic acids is 1. The van der Waals surface area contributed by atoms with Crippen molar-refractivity contribution in [2.24, 2.45) is 5.41 Å². The predicted molar refractivity (Wildman–Crippen MR) is 103 cm³/mol. The maximum atomic E-state index is 13.7. The van der Waals surface area contributed by atoms with E-state index in [4.69, 9.17) is 0 Å². The molecule has 2 heterocycles. The minimum atomic E-state index is -4.70. The van der Waals surface area contributed by atoms with Gasteiger partial charge in [-0.05, 0) is 50.4 Å². The molecule has 1 saturated heterocycles. The Bertz CT molecular complexity index is 812. The highest BCUT2D eigenvalue weighted by atomic mass is 35.5. The molecule has 9 heteroatoms. The van der Waals surface area contributed by atoms with Crippen LogP contribution in [-0.4, -0.2) is 35.3 Å². The number of hydrogen-bond acceptors (Lipinski definition) is 3. The van der Waals surface area contributed by atoms with Gasteiger partial charge in [0, 0.05) is 6.54 Å². The Kier molecular flexibility index (Phi) is 6.77. The van der Waals surface area contributed by atoms with Crippen LogP contribution in [0.15, 0.2) is 30.5 Å². The Balaban J connectivity index is 0.00000280. The average Bonchev–Trinajstić information content (AvgIpc) is 3.07. The van der Waals surface area contributed by atoms with E-state index >= 15 is 0 Å². The molecule has 3 rings (SSSR count).